The zero-order chi connectivity index (χ0) is 16.0. The molecule has 1 amide bonds. The molecule has 0 bridgehead atoms. The molecule has 0 heterocycles. The van der Waals surface area contributed by atoms with E-state index in [0.717, 1.165) is 24.6 Å². The standard InChI is InChI=1S/C13H19FN2O4S/c1-9(2)5-6-16-13(17)8-20-11-4-3-10(14)7-12(11)21(15,18)19/h3-4,7,9H,5-6,8H2,1-2H3,(H,16,17)(H2,15,18,19). The topological polar surface area (TPSA) is 98.5 Å². The Kier molecular flexibility index (Phi) is 6.10. The minimum absolute atomic E-state index is 0.155. The van der Waals surface area contributed by atoms with Gasteiger partial charge in [0.2, 0.25) is 10.0 Å². The van der Waals surface area contributed by atoms with Gasteiger partial charge in [0.25, 0.3) is 5.91 Å². The van der Waals surface area contributed by atoms with E-state index in [4.69, 9.17) is 9.88 Å². The molecule has 1 aromatic rings. The normalized spacial score (nSPS) is 11.5. The van der Waals surface area contributed by atoms with Crippen molar-refractivity contribution in [2.75, 3.05) is 13.2 Å². The number of ether oxygens (including phenoxy) is 1. The number of rotatable bonds is 7. The van der Waals surface area contributed by atoms with E-state index in [9.17, 15) is 17.6 Å². The van der Waals surface area contributed by atoms with Crippen LogP contribution in [0.2, 0.25) is 0 Å². The molecule has 3 N–H and O–H groups in total. The first-order valence-electron chi connectivity index (χ1n) is 6.42. The molecule has 0 aliphatic carbocycles. The van der Waals surface area contributed by atoms with Crippen LogP contribution >= 0.6 is 0 Å². The molecule has 0 saturated heterocycles. The Bertz CT molecular complexity index is 602. The smallest absolute Gasteiger partial charge is 0.257 e. The molecule has 8 heteroatoms. The summed E-state index contributed by atoms with van der Waals surface area (Å²) in [7, 11) is -4.13. The average molecular weight is 318 g/mol. The van der Waals surface area contributed by atoms with E-state index < -0.39 is 20.7 Å². The first-order valence-corrected chi connectivity index (χ1v) is 7.96. The Balaban J connectivity index is 2.66. The minimum atomic E-state index is -4.13. The van der Waals surface area contributed by atoms with Crippen LogP contribution in [0.4, 0.5) is 4.39 Å². The highest BCUT2D eigenvalue weighted by Crippen LogP contribution is 2.23. The lowest BCUT2D eigenvalue weighted by molar-refractivity contribution is -0.123. The maximum atomic E-state index is 13.1. The van der Waals surface area contributed by atoms with E-state index in [1.54, 1.807) is 0 Å². The molecule has 0 aliphatic rings. The second kappa shape index (κ2) is 7.37. The first kappa shape index (κ1) is 17.4. The van der Waals surface area contributed by atoms with Crippen LogP contribution < -0.4 is 15.2 Å². The molecule has 6 nitrogen and oxygen atoms in total. The summed E-state index contributed by atoms with van der Waals surface area (Å²) in [5.41, 5.74) is 0. The number of hydrogen-bond donors (Lipinski definition) is 2. The SMILES string of the molecule is CC(C)CCNC(=O)COc1ccc(F)cc1S(N)(=O)=O. The molecule has 0 unspecified atom stereocenters. The summed E-state index contributed by atoms with van der Waals surface area (Å²) in [6.07, 6.45) is 0.824. The Morgan fingerprint density at radius 1 is 1.43 bits per heavy atom. The molecule has 118 valence electrons. The highest BCUT2D eigenvalue weighted by molar-refractivity contribution is 7.89. The monoisotopic (exact) mass is 318 g/mol. The highest BCUT2D eigenvalue weighted by Gasteiger charge is 2.17. The third-order valence-electron chi connectivity index (χ3n) is 2.61. The van der Waals surface area contributed by atoms with Crippen LogP contribution in [-0.2, 0) is 14.8 Å². The molecule has 1 rings (SSSR count). The summed E-state index contributed by atoms with van der Waals surface area (Å²) in [5, 5.41) is 7.61. The van der Waals surface area contributed by atoms with Crippen LogP contribution in [0.25, 0.3) is 0 Å². The van der Waals surface area contributed by atoms with Crippen LogP contribution in [0.5, 0.6) is 5.75 Å². The van der Waals surface area contributed by atoms with Crippen molar-refractivity contribution >= 4 is 15.9 Å². The maximum Gasteiger partial charge on any atom is 0.257 e. The summed E-state index contributed by atoms with van der Waals surface area (Å²) >= 11 is 0. The molecule has 0 saturated carbocycles. The molecular formula is C13H19FN2O4S. The Morgan fingerprint density at radius 3 is 2.67 bits per heavy atom. The molecule has 1 aromatic carbocycles. The van der Waals surface area contributed by atoms with Crippen molar-refractivity contribution in [1.82, 2.24) is 5.32 Å². The summed E-state index contributed by atoms with van der Waals surface area (Å²) in [6, 6.07) is 2.90. The van der Waals surface area contributed by atoms with E-state index in [-0.39, 0.29) is 18.3 Å². The van der Waals surface area contributed by atoms with Crippen molar-refractivity contribution in [3.05, 3.63) is 24.0 Å². The summed E-state index contributed by atoms with van der Waals surface area (Å²) in [6.45, 7) is 4.19. The zero-order valence-corrected chi connectivity index (χ0v) is 12.7. The minimum Gasteiger partial charge on any atom is -0.482 e. The fourth-order valence-electron chi connectivity index (χ4n) is 1.52. The van der Waals surface area contributed by atoms with Crippen molar-refractivity contribution in [3.8, 4) is 5.75 Å². The van der Waals surface area contributed by atoms with Crippen LogP contribution in [-0.4, -0.2) is 27.5 Å². The second-order valence-corrected chi connectivity index (χ2v) is 6.49. The Morgan fingerprint density at radius 2 is 2.10 bits per heavy atom. The van der Waals surface area contributed by atoms with Gasteiger partial charge in [-0.15, -0.1) is 0 Å². The molecular weight excluding hydrogens is 299 g/mol. The molecule has 0 aromatic heterocycles. The molecule has 0 spiro atoms. The van der Waals surface area contributed by atoms with Crippen molar-refractivity contribution in [2.24, 2.45) is 11.1 Å². The number of amides is 1. The molecule has 0 aliphatic heterocycles. The van der Waals surface area contributed by atoms with Gasteiger partial charge in [-0.1, -0.05) is 13.8 Å². The predicted octanol–water partition coefficient (Wildman–Crippen LogP) is 1.01. The first-order chi connectivity index (χ1) is 9.70. The van der Waals surface area contributed by atoms with Crippen LogP contribution in [0.1, 0.15) is 20.3 Å². The van der Waals surface area contributed by atoms with E-state index in [1.165, 1.54) is 0 Å². The third kappa shape index (κ3) is 6.09. The summed E-state index contributed by atoms with van der Waals surface area (Å²) < 4.78 is 40.8. The average Bonchev–Trinajstić information content (AvgIpc) is 2.35. The second-order valence-electron chi connectivity index (χ2n) is 4.96. The summed E-state index contributed by atoms with van der Waals surface area (Å²) in [4.78, 5) is 11.0. The van der Waals surface area contributed by atoms with Gasteiger partial charge < -0.3 is 10.1 Å². The van der Waals surface area contributed by atoms with Gasteiger partial charge in [-0.2, -0.15) is 0 Å². The van der Waals surface area contributed by atoms with Crippen LogP contribution in [0, 0.1) is 11.7 Å². The van der Waals surface area contributed by atoms with Crippen molar-refractivity contribution < 1.29 is 22.3 Å². The molecule has 21 heavy (non-hydrogen) atoms. The van der Waals surface area contributed by atoms with Crippen molar-refractivity contribution in [3.63, 3.8) is 0 Å². The molecule has 0 radical (unpaired) electrons. The number of nitrogens with one attached hydrogen (secondary N) is 1. The number of primary sulfonamides is 1. The van der Waals surface area contributed by atoms with E-state index >= 15 is 0 Å². The largest absolute Gasteiger partial charge is 0.482 e. The van der Waals surface area contributed by atoms with Crippen LogP contribution in [0.3, 0.4) is 0 Å². The number of sulfonamides is 1. The molecule has 0 fully saturated rings. The number of carbonyl (C=O) groups is 1. The lowest BCUT2D eigenvalue weighted by atomic mass is 10.1. The Labute approximate surface area is 123 Å². The van der Waals surface area contributed by atoms with E-state index in [2.05, 4.69) is 5.32 Å². The van der Waals surface area contributed by atoms with E-state index in [0.29, 0.717) is 12.5 Å². The fourth-order valence-corrected chi connectivity index (χ4v) is 2.20. The fraction of sp³-hybridized carbons (Fsp3) is 0.462. The number of carbonyl (C=O) groups excluding carboxylic acids is 1. The van der Waals surface area contributed by atoms with Gasteiger partial charge in [-0.3, -0.25) is 4.79 Å². The van der Waals surface area contributed by atoms with Gasteiger partial charge in [-0.25, -0.2) is 17.9 Å². The number of benzene rings is 1. The number of nitrogens with two attached hydrogens (primary N) is 1. The third-order valence-corrected chi connectivity index (χ3v) is 3.55. The molecule has 0 atom stereocenters. The lowest BCUT2D eigenvalue weighted by Crippen LogP contribution is -2.30. The van der Waals surface area contributed by atoms with Gasteiger partial charge in [-0.05, 0) is 30.5 Å². The maximum absolute atomic E-state index is 13.1. The summed E-state index contributed by atoms with van der Waals surface area (Å²) in [5.74, 6) is -0.844. The highest BCUT2D eigenvalue weighted by atomic mass is 32.2. The predicted molar refractivity (Wildman–Crippen MR) is 75.7 cm³/mol. The van der Waals surface area contributed by atoms with Crippen molar-refractivity contribution in [2.45, 2.75) is 25.2 Å². The van der Waals surface area contributed by atoms with Gasteiger partial charge >= 0.3 is 0 Å². The number of hydrogen-bond acceptors (Lipinski definition) is 4. The lowest BCUT2D eigenvalue weighted by Gasteiger charge is -2.11. The number of halogens is 1. The zero-order valence-electron chi connectivity index (χ0n) is 11.9. The van der Waals surface area contributed by atoms with Crippen molar-refractivity contribution in [1.29, 1.82) is 0 Å². The Hall–Kier alpha value is -1.67. The quantitative estimate of drug-likeness (QED) is 0.784. The van der Waals surface area contributed by atoms with Gasteiger partial charge in [0.15, 0.2) is 6.61 Å². The van der Waals surface area contributed by atoms with Gasteiger partial charge in [0.05, 0.1) is 0 Å². The van der Waals surface area contributed by atoms with Gasteiger partial charge in [0, 0.05) is 6.54 Å². The van der Waals surface area contributed by atoms with Gasteiger partial charge in [0.1, 0.15) is 16.5 Å². The van der Waals surface area contributed by atoms with E-state index in [1.807, 2.05) is 13.8 Å². The van der Waals surface area contributed by atoms with Crippen LogP contribution in [0.15, 0.2) is 23.1 Å².